The van der Waals surface area contributed by atoms with Crippen LogP contribution in [0.4, 0.5) is 0 Å². The van der Waals surface area contributed by atoms with Crippen molar-refractivity contribution in [2.24, 2.45) is 0 Å². The maximum Gasteiger partial charge on any atom is 0.259 e. The first-order valence-electron chi connectivity index (χ1n) is 10.7. The average Bonchev–Trinajstić information content (AvgIpc) is 3.44. The lowest BCUT2D eigenvalue weighted by molar-refractivity contribution is -0.131. The average molecular weight is 463 g/mol. The lowest BCUT2D eigenvalue weighted by atomic mass is 10.1. The molecule has 0 spiro atoms. The predicted octanol–water partition coefficient (Wildman–Crippen LogP) is 4.81. The molecule has 0 bridgehead atoms. The number of thiophene rings is 1. The molecule has 0 saturated heterocycles. The maximum absolute atomic E-state index is 13.1. The third-order valence-corrected chi connectivity index (χ3v) is 6.47. The molecule has 4 rings (SSSR count). The molecule has 33 heavy (non-hydrogen) atoms. The Morgan fingerprint density at radius 1 is 1.09 bits per heavy atom. The minimum Gasteiger partial charge on any atom is -0.493 e. The summed E-state index contributed by atoms with van der Waals surface area (Å²) in [6, 6.07) is 17.0. The van der Waals surface area contributed by atoms with E-state index in [0.29, 0.717) is 42.5 Å². The Morgan fingerprint density at radius 2 is 1.88 bits per heavy atom. The van der Waals surface area contributed by atoms with Crippen molar-refractivity contribution in [1.29, 1.82) is 0 Å². The van der Waals surface area contributed by atoms with Gasteiger partial charge in [-0.1, -0.05) is 36.9 Å². The molecule has 1 aromatic heterocycles. The minimum absolute atomic E-state index is 0.0423. The van der Waals surface area contributed by atoms with Crippen molar-refractivity contribution in [3.05, 3.63) is 88.1 Å². The van der Waals surface area contributed by atoms with Crippen LogP contribution in [0, 0.1) is 0 Å². The number of amides is 2. The summed E-state index contributed by atoms with van der Waals surface area (Å²) in [6.45, 7) is 7.29. The van der Waals surface area contributed by atoms with Crippen LogP contribution in [0.1, 0.15) is 33.3 Å². The van der Waals surface area contributed by atoms with Gasteiger partial charge in [0.25, 0.3) is 5.91 Å². The van der Waals surface area contributed by atoms with Gasteiger partial charge in [-0.05, 0) is 42.1 Å². The van der Waals surface area contributed by atoms with Gasteiger partial charge >= 0.3 is 0 Å². The van der Waals surface area contributed by atoms with Crippen molar-refractivity contribution in [2.45, 2.75) is 20.1 Å². The number of methoxy groups -OCH3 is 1. The highest BCUT2D eigenvalue weighted by Crippen LogP contribution is 2.32. The fraction of sp³-hybridized carbons (Fsp3) is 0.231. The topological polar surface area (TPSA) is 59.1 Å². The van der Waals surface area contributed by atoms with E-state index in [9.17, 15) is 9.59 Å². The van der Waals surface area contributed by atoms with E-state index in [1.54, 1.807) is 29.4 Å². The molecule has 0 N–H and O–H groups in total. The van der Waals surface area contributed by atoms with Crippen molar-refractivity contribution in [3.63, 3.8) is 0 Å². The number of nitrogens with zero attached hydrogens (tertiary/aromatic N) is 2. The molecule has 2 aromatic carbocycles. The number of hydrogen-bond acceptors (Lipinski definition) is 5. The summed E-state index contributed by atoms with van der Waals surface area (Å²) in [4.78, 5) is 30.1. The van der Waals surface area contributed by atoms with Gasteiger partial charge in [0.1, 0.15) is 13.2 Å². The van der Waals surface area contributed by atoms with E-state index < -0.39 is 0 Å². The second kappa shape index (κ2) is 9.92. The van der Waals surface area contributed by atoms with Gasteiger partial charge in [-0.15, -0.1) is 11.3 Å². The van der Waals surface area contributed by atoms with Gasteiger partial charge in [-0.25, -0.2) is 0 Å². The van der Waals surface area contributed by atoms with Gasteiger partial charge < -0.3 is 14.4 Å². The highest BCUT2D eigenvalue weighted by Gasteiger charge is 2.32. The van der Waals surface area contributed by atoms with E-state index in [1.165, 1.54) is 4.90 Å². The Hall–Kier alpha value is -3.58. The summed E-state index contributed by atoms with van der Waals surface area (Å²) in [5.41, 5.74) is 2.84. The summed E-state index contributed by atoms with van der Waals surface area (Å²) in [6.07, 6.45) is 0. The van der Waals surface area contributed by atoms with Crippen LogP contribution in [-0.2, 0) is 17.9 Å². The van der Waals surface area contributed by atoms with Gasteiger partial charge in [0.2, 0.25) is 5.91 Å². The van der Waals surface area contributed by atoms with Crippen LogP contribution in [-0.4, -0.2) is 41.8 Å². The van der Waals surface area contributed by atoms with Gasteiger partial charge in [0.15, 0.2) is 11.5 Å². The van der Waals surface area contributed by atoms with Crippen LogP contribution in [0.5, 0.6) is 11.5 Å². The van der Waals surface area contributed by atoms with Crippen molar-refractivity contribution in [2.75, 3.05) is 20.2 Å². The standard InChI is InChI=1S/C26H26N2O4S/c1-4-27(25(29)16-28-18(2)21-9-5-6-10-22(21)26(28)30)15-19-11-12-23(24(14-19)31-3)32-17-20-8-7-13-33-20/h5-14H,2,4,15-17H2,1,3H3. The lowest BCUT2D eigenvalue weighted by Crippen LogP contribution is -2.39. The smallest absolute Gasteiger partial charge is 0.259 e. The predicted molar refractivity (Wildman–Crippen MR) is 129 cm³/mol. The van der Waals surface area contributed by atoms with Gasteiger partial charge in [0.05, 0.1) is 7.11 Å². The highest BCUT2D eigenvalue weighted by molar-refractivity contribution is 7.09. The van der Waals surface area contributed by atoms with E-state index in [1.807, 2.05) is 60.8 Å². The Kier molecular flexibility index (Phi) is 6.79. The Labute approximate surface area is 197 Å². The molecular formula is C26H26N2O4S. The molecule has 0 radical (unpaired) electrons. The van der Waals surface area contributed by atoms with Crippen LogP contribution >= 0.6 is 11.3 Å². The molecule has 2 amide bonds. The van der Waals surface area contributed by atoms with E-state index >= 15 is 0 Å². The third kappa shape index (κ3) is 4.78. The number of fused-ring (bicyclic) bond motifs is 1. The minimum atomic E-state index is -0.186. The van der Waals surface area contributed by atoms with Gasteiger partial charge in [-0.2, -0.15) is 0 Å². The lowest BCUT2D eigenvalue weighted by Gasteiger charge is -2.25. The van der Waals surface area contributed by atoms with E-state index in [-0.39, 0.29) is 18.4 Å². The number of likely N-dealkylation sites (N-methyl/N-ethyl adjacent to an activating group) is 1. The molecule has 1 aliphatic rings. The number of hydrogen-bond donors (Lipinski definition) is 0. The Bertz CT molecular complexity index is 1140. The molecule has 0 atom stereocenters. The first kappa shape index (κ1) is 22.6. The molecular weight excluding hydrogens is 436 g/mol. The molecule has 0 unspecified atom stereocenters. The quantitative estimate of drug-likeness (QED) is 0.458. The van der Waals surface area contributed by atoms with Crippen molar-refractivity contribution in [3.8, 4) is 11.5 Å². The van der Waals surface area contributed by atoms with Crippen LogP contribution < -0.4 is 9.47 Å². The van der Waals surface area contributed by atoms with E-state index in [2.05, 4.69) is 6.58 Å². The molecule has 1 aliphatic heterocycles. The number of ether oxygens (including phenoxy) is 2. The molecule has 6 nitrogen and oxygen atoms in total. The molecule has 170 valence electrons. The highest BCUT2D eigenvalue weighted by atomic mass is 32.1. The molecule has 2 heterocycles. The van der Waals surface area contributed by atoms with Crippen LogP contribution in [0.2, 0.25) is 0 Å². The summed E-state index contributed by atoms with van der Waals surface area (Å²) in [7, 11) is 1.60. The van der Waals surface area contributed by atoms with Crippen LogP contribution in [0.15, 0.2) is 66.6 Å². The number of rotatable bonds is 9. The zero-order valence-corrected chi connectivity index (χ0v) is 19.6. The first-order chi connectivity index (χ1) is 16.0. The van der Waals surface area contributed by atoms with Gasteiger partial charge in [0, 0.05) is 34.8 Å². The second-order valence-electron chi connectivity index (χ2n) is 7.64. The molecule has 0 fully saturated rings. The summed E-state index contributed by atoms with van der Waals surface area (Å²) < 4.78 is 11.4. The van der Waals surface area contributed by atoms with Crippen molar-refractivity contribution in [1.82, 2.24) is 9.80 Å². The second-order valence-corrected chi connectivity index (χ2v) is 8.68. The van der Waals surface area contributed by atoms with Crippen molar-refractivity contribution < 1.29 is 19.1 Å². The molecule has 7 heteroatoms. The first-order valence-corrected chi connectivity index (χ1v) is 11.6. The zero-order chi connectivity index (χ0) is 23.4. The molecule has 3 aromatic rings. The van der Waals surface area contributed by atoms with E-state index in [4.69, 9.17) is 9.47 Å². The number of carbonyl (C=O) groups excluding carboxylic acids is 2. The SMILES string of the molecule is C=C1c2ccccc2C(=O)N1CC(=O)N(CC)Cc1ccc(OCc2cccs2)c(OC)c1. The Balaban J connectivity index is 1.42. The molecule has 0 aliphatic carbocycles. The molecule has 0 saturated carbocycles. The van der Waals surface area contributed by atoms with E-state index in [0.717, 1.165) is 16.0 Å². The largest absolute Gasteiger partial charge is 0.493 e. The fourth-order valence-electron chi connectivity index (χ4n) is 3.81. The maximum atomic E-state index is 13.1. The summed E-state index contributed by atoms with van der Waals surface area (Å²) >= 11 is 1.64. The zero-order valence-electron chi connectivity index (χ0n) is 18.7. The van der Waals surface area contributed by atoms with Crippen LogP contribution in [0.25, 0.3) is 5.70 Å². The summed E-state index contributed by atoms with van der Waals surface area (Å²) in [5, 5.41) is 2.01. The third-order valence-electron chi connectivity index (χ3n) is 5.62. The number of benzene rings is 2. The Morgan fingerprint density at radius 3 is 2.55 bits per heavy atom. The van der Waals surface area contributed by atoms with Crippen molar-refractivity contribution >= 4 is 28.8 Å². The van der Waals surface area contributed by atoms with Gasteiger partial charge in [-0.3, -0.25) is 14.5 Å². The summed E-state index contributed by atoms with van der Waals surface area (Å²) in [5.74, 6) is 0.942. The number of carbonyl (C=O) groups is 2. The monoisotopic (exact) mass is 462 g/mol. The fourth-order valence-corrected chi connectivity index (χ4v) is 4.42. The van der Waals surface area contributed by atoms with Crippen LogP contribution in [0.3, 0.4) is 0 Å². The normalized spacial score (nSPS) is 12.6.